The van der Waals surface area contributed by atoms with Crippen molar-refractivity contribution in [1.82, 2.24) is 14.6 Å². The van der Waals surface area contributed by atoms with Gasteiger partial charge in [-0.05, 0) is 12.1 Å². The van der Waals surface area contributed by atoms with E-state index >= 15 is 0 Å². The smallest absolute Gasteiger partial charge is 0.235 e. The van der Waals surface area contributed by atoms with E-state index in [1.807, 2.05) is 13.0 Å². The van der Waals surface area contributed by atoms with Crippen LogP contribution in [-0.4, -0.2) is 44.0 Å². The van der Waals surface area contributed by atoms with Gasteiger partial charge in [-0.25, -0.2) is 9.37 Å². The molecule has 1 aliphatic rings. The van der Waals surface area contributed by atoms with Gasteiger partial charge in [0, 0.05) is 19.3 Å². The average Bonchev–Trinajstić information content (AvgIpc) is 3.18. The zero-order chi connectivity index (χ0) is 18.3. The minimum absolute atomic E-state index is 0.0316. The monoisotopic (exact) mass is 377 g/mol. The molecule has 3 heterocycles. The van der Waals surface area contributed by atoms with Crippen molar-refractivity contribution < 1.29 is 19.5 Å². The highest BCUT2D eigenvalue weighted by molar-refractivity contribution is 7.17. The molecule has 0 spiro atoms. The van der Waals surface area contributed by atoms with Crippen LogP contribution in [0.25, 0.3) is 4.96 Å². The summed E-state index contributed by atoms with van der Waals surface area (Å²) in [4.78, 5) is 6.85. The van der Waals surface area contributed by atoms with Crippen molar-refractivity contribution >= 4 is 16.3 Å². The maximum absolute atomic E-state index is 14.6. The number of likely N-dealkylation sites (tertiary alicyclic amines) is 1. The van der Waals surface area contributed by atoms with E-state index in [0.717, 1.165) is 4.90 Å². The summed E-state index contributed by atoms with van der Waals surface area (Å²) in [5.41, 5.74) is 0.550. The molecule has 8 heteroatoms. The Morgan fingerprint density at radius 3 is 2.73 bits per heavy atom. The van der Waals surface area contributed by atoms with E-state index in [4.69, 9.17) is 0 Å². The van der Waals surface area contributed by atoms with Gasteiger partial charge in [-0.2, -0.15) is 4.52 Å². The van der Waals surface area contributed by atoms with Crippen LogP contribution >= 0.6 is 11.3 Å². The number of aryl methyl sites for hydroxylation is 1. The fraction of sp³-hybridized carbons (Fsp3) is 0.444. The van der Waals surface area contributed by atoms with E-state index in [1.54, 1.807) is 12.1 Å². The van der Waals surface area contributed by atoms with Crippen molar-refractivity contribution in [2.75, 3.05) is 13.1 Å². The van der Waals surface area contributed by atoms with Crippen LogP contribution in [0.4, 0.5) is 4.39 Å². The first kappa shape index (κ1) is 17.4. The third-order valence-electron chi connectivity index (χ3n) is 5.04. The number of piperidine rings is 1. The highest BCUT2D eigenvalue weighted by Gasteiger charge is 2.36. The van der Waals surface area contributed by atoms with E-state index in [0.29, 0.717) is 53.6 Å². The molecule has 6 nitrogen and oxygen atoms in total. The third kappa shape index (κ3) is 2.98. The van der Waals surface area contributed by atoms with Crippen molar-refractivity contribution in [1.29, 1.82) is 0 Å². The molecule has 1 fully saturated rings. The van der Waals surface area contributed by atoms with Crippen LogP contribution in [0.15, 0.2) is 24.3 Å². The summed E-state index contributed by atoms with van der Waals surface area (Å²) in [6.45, 7) is 3.39. The number of nitrogens with zero attached hydrogens (tertiary/aromatic N) is 3. The molecule has 2 aromatic heterocycles. The molecule has 0 unspecified atom stereocenters. The van der Waals surface area contributed by atoms with Crippen molar-refractivity contribution in [2.45, 2.75) is 38.3 Å². The Kier molecular flexibility index (Phi) is 4.64. The van der Waals surface area contributed by atoms with Crippen molar-refractivity contribution in [3.63, 3.8) is 0 Å². The van der Waals surface area contributed by atoms with Crippen molar-refractivity contribution in [3.05, 3.63) is 46.3 Å². The van der Waals surface area contributed by atoms with Gasteiger partial charge in [0.1, 0.15) is 10.7 Å². The van der Waals surface area contributed by atoms with Gasteiger partial charge in [-0.15, -0.1) is 5.10 Å². The molecule has 4 rings (SSSR count). The molecule has 1 aromatic carbocycles. The minimum atomic E-state index is -0.345. The average molecular weight is 377 g/mol. The van der Waals surface area contributed by atoms with Crippen LogP contribution in [-0.2, 0) is 6.42 Å². The molecule has 0 aliphatic carbocycles. The Morgan fingerprint density at radius 2 is 2.08 bits per heavy atom. The van der Waals surface area contributed by atoms with Crippen molar-refractivity contribution in [2.24, 2.45) is 0 Å². The quantitative estimate of drug-likeness (QED) is 0.641. The number of thiazole rings is 1. The van der Waals surface area contributed by atoms with Gasteiger partial charge < -0.3 is 15.1 Å². The number of halogens is 1. The normalized spacial score (nSPS) is 22.0. The van der Waals surface area contributed by atoms with Crippen LogP contribution in [0, 0.1) is 5.82 Å². The maximum atomic E-state index is 14.6. The molecule has 1 saturated heterocycles. The molecule has 3 N–H and O–H groups in total. The topological polar surface area (TPSA) is 75.1 Å². The van der Waals surface area contributed by atoms with E-state index in [1.165, 1.54) is 21.9 Å². The van der Waals surface area contributed by atoms with Crippen molar-refractivity contribution in [3.8, 4) is 5.88 Å². The zero-order valence-electron chi connectivity index (χ0n) is 14.5. The lowest BCUT2D eigenvalue weighted by atomic mass is 9.99. The molecule has 1 aliphatic heterocycles. The Balaban J connectivity index is 1.81. The number of nitrogens with one attached hydrogen (secondary N) is 1. The number of quaternary nitrogens is 1. The number of benzene rings is 1. The molecule has 0 radical (unpaired) electrons. The number of fused-ring (bicyclic) bond motifs is 1. The molecule has 1 atom stereocenters. The van der Waals surface area contributed by atoms with Crippen LogP contribution in [0.1, 0.15) is 42.1 Å². The molecule has 0 amide bonds. The van der Waals surface area contributed by atoms with Crippen LogP contribution in [0.2, 0.25) is 0 Å². The highest BCUT2D eigenvalue weighted by Crippen LogP contribution is 2.36. The maximum Gasteiger partial charge on any atom is 0.235 e. The SMILES string of the molecule is CCc1nc2sc([C@H](c3ccccc3F)[NH+]3CCC(O)CC3)c(O)n2n1. The lowest BCUT2D eigenvalue weighted by Crippen LogP contribution is -3.13. The number of rotatable bonds is 4. The predicted molar refractivity (Wildman–Crippen MR) is 96.1 cm³/mol. The Morgan fingerprint density at radius 1 is 1.35 bits per heavy atom. The second kappa shape index (κ2) is 6.94. The number of hydrogen-bond donors (Lipinski definition) is 3. The molecule has 138 valence electrons. The van der Waals surface area contributed by atoms with E-state index in [-0.39, 0.29) is 23.8 Å². The zero-order valence-corrected chi connectivity index (χ0v) is 15.3. The van der Waals surface area contributed by atoms with Gasteiger partial charge in [-0.1, -0.05) is 30.4 Å². The largest absolute Gasteiger partial charge is 0.492 e. The first-order chi connectivity index (χ1) is 12.6. The number of aliphatic hydroxyl groups excluding tert-OH is 1. The lowest BCUT2D eigenvalue weighted by molar-refractivity contribution is -0.931. The second-order valence-corrected chi connectivity index (χ2v) is 7.72. The molecular weight excluding hydrogens is 355 g/mol. The van der Waals surface area contributed by atoms with Gasteiger partial charge in [0.15, 0.2) is 11.9 Å². The predicted octanol–water partition coefficient (Wildman–Crippen LogP) is 1.33. The summed E-state index contributed by atoms with van der Waals surface area (Å²) in [7, 11) is 0. The van der Waals surface area contributed by atoms with Gasteiger partial charge >= 0.3 is 0 Å². The number of aromatic hydroxyl groups is 1. The van der Waals surface area contributed by atoms with Crippen LogP contribution in [0.3, 0.4) is 0 Å². The first-order valence-electron chi connectivity index (χ1n) is 8.92. The van der Waals surface area contributed by atoms with E-state index in [2.05, 4.69) is 10.1 Å². The summed E-state index contributed by atoms with van der Waals surface area (Å²) < 4.78 is 16.1. The summed E-state index contributed by atoms with van der Waals surface area (Å²) in [6.07, 6.45) is 1.72. The summed E-state index contributed by atoms with van der Waals surface area (Å²) in [6, 6.07) is 6.35. The minimum Gasteiger partial charge on any atom is -0.492 e. The fourth-order valence-electron chi connectivity index (χ4n) is 3.65. The fourth-order valence-corrected chi connectivity index (χ4v) is 4.80. The first-order valence-corrected chi connectivity index (χ1v) is 9.74. The van der Waals surface area contributed by atoms with E-state index < -0.39 is 0 Å². The molecule has 0 saturated carbocycles. The van der Waals surface area contributed by atoms with Gasteiger partial charge in [0.2, 0.25) is 10.8 Å². The number of aliphatic hydroxyl groups is 1. The summed E-state index contributed by atoms with van der Waals surface area (Å²) in [5.74, 6) is 0.418. The Bertz CT molecular complexity index is 917. The Hall–Kier alpha value is -2.03. The molecule has 26 heavy (non-hydrogen) atoms. The molecule has 3 aromatic rings. The van der Waals surface area contributed by atoms with Gasteiger partial charge in [0.25, 0.3) is 0 Å². The highest BCUT2D eigenvalue weighted by atomic mass is 32.1. The lowest BCUT2D eigenvalue weighted by Gasteiger charge is -2.33. The Labute approximate surface area is 154 Å². The number of hydrogen-bond acceptors (Lipinski definition) is 5. The van der Waals surface area contributed by atoms with Crippen LogP contribution < -0.4 is 4.90 Å². The van der Waals surface area contributed by atoms with Gasteiger partial charge in [0.05, 0.1) is 24.8 Å². The second-order valence-electron chi connectivity index (χ2n) is 6.71. The van der Waals surface area contributed by atoms with E-state index in [9.17, 15) is 14.6 Å². The van der Waals surface area contributed by atoms with Crippen LogP contribution in [0.5, 0.6) is 5.88 Å². The number of aromatic nitrogens is 3. The summed E-state index contributed by atoms with van der Waals surface area (Å²) in [5, 5.41) is 25.0. The standard InChI is InChI=1S/C18H21FN4O2S/c1-2-14-20-18-23(21-14)17(25)16(26-18)15(12-5-3-4-6-13(12)19)22-9-7-11(24)8-10-22/h3-6,11,15,24-25H,2,7-10H2,1H3/p+1/t15-/m0/s1. The molecule has 0 bridgehead atoms. The summed E-state index contributed by atoms with van der Waals surface area (Å²) >= 11 is 1.36. The molecular formula is C18H22FN4O2S+. The third-order valence-corrected chi connectivity index (χ3v) is 6.13. The van der Waals surface area contributed by atoms with Gasteiger partial charge in [-0.3, -0.25) is 0 Å².